The van der Waals surface area contributed by atoms with E-state index in [1.54, 1.807) is 0 Å². The number of aldehydes is 1. The molecule has 1 aromatic rings. The van der Waals surface area contributed by atoms with E-state index in [1.165, 1.54) is 20.2 Å². The number of benzene rings is 1. The van der Waals surface area contributed by atoms with Crippen molar-refractivity contribution in [2.24, 2.45) is 0 Å². The Morgan fingerprint density at radius 3 is 2.40 bits per heavy atom. The molecule has 0 aliphatic heterocycles. The van der Waals surface area contributed by atoms with Crippen molar-refractivity contribution in [2.75, 3.05) is 14.1 Å². The first-order valence-corrected chi connectivity index (χ1v) is 5.51. The van der Waals surface area contributed by atoms with E-state index in [-0.39, 0.29) is 5.56 Å². The lowest BCUT2D eigenvalue weighted by Gasteiger charge is -2.12. The van der Waals surface area contributed by atoms with Crippen molar-refractivity contribution >= 4 is 16.3 Å². The second-order valence-corrected chi connectivity index (χ2v) is 5.22. The molecule has 15 heavy (non-hydrogen) atoms. The molecule has 1 aromatic carbocycles. The van der Waals surface area contributed by atoms with Gasteiger partial charge >= 0.3 is 0 Å². The molecule has 82 valence electrons. The van der Waals surface area contributed by atoms with Crippen LogP contribution in [0.5, 0.6) is 0 Å². The second kappa shape index (κ2) is 4.08. The molecule has 0 saturated carbocycles. The first-order valence-electron chi connectivity index (χ1n) is 4.07. The molecular weight excluding hydrogens is 221 g/mol. The number of carbonyl (C=O) groups excluding carboxylic acids is 1. The van der Waals surface area contributed by atoms with Gasteiger partial charge in [-0.1, -0.05) is 0 Å². The quantitative estimate of drug-likeness (QED) is 0.726. The maximum Gasteiger partial charge on any atom is 0.245 e. The highest BCUT2D eigenvalue weighted by Crippen LogP contribution is 2.18. The fourth-order valence-electron chi connectivity index (χ4n) is 0.988. The molecule has 0 saturated heterocycles. The molecular formula is C9H10FNO3S. The Kier molecular flexibility index (Phi) is 3.21. The molecule has 0 fully saturated rings. The number of halogens is 1. The van der Waals surface area contributed by atoms with Crippen LogP contribution in [0, 0.1) is 5.82 Å². The third-order valence-corrected chi connectivity index (χ3v) is 3.68. The van der Waals surface area contributed by atoms with E-state index in [9.17, 15) is 17.6 Å². The highest BCUT2D eigenvalue weighted by molar-refractivity contribution is 7.89. The lowest BCUT2D eigenvalue weighted by Crippen LogP contribution is -2.23. The normalized spacial score (nSPS) is 11.7. The Balaban J connectivity index is 3.43. The molecule has 0 spiro atoms. The maximum atomic E-state index is 13.2. The van der Waals surface area contributed by atoms with Gasteiger partial charge in [0.15, 0.2) is 0 Å². The summed E-state index contributed by atoms with van der Waals surface area (Å²) in [5.41, 5.74) is 0.122. The fraction of sp³-hybridized carbons (Fsp3) is 0.222. The summed E-state index contributed by atoms with van der Waals surface area (Å²) in [6.07, 6.45) is 0.466. The molecule has 4 nitrogen and oxygen atoms in total. The summed E-state index contributed by atoms with van der Waals surface area (Å²) in [6.45, 7) is 0. The van der Waals surface area contributed by atoms with E-state index in [4.69, 9.17) is 0 Å². The minimum atomic E-state index is -3.84. The van der Waals surface area contributed by atoms with Crippen LogP contribution in [-0.4, -0.2) is 33.1 Å². The van der Waals surface area contributed by atoms with Gasteiger partial charge in [-0.3, -0.25) is 4.79 Å². The lowest BCUT2D eigenvalue weighted by molar-refractivity contribution is 0.112. The van der Waals surface area contributed by atoms with Gasteiger partial charge in [0.25, 0.3) is 0 Å². The number of rotatable bonds is 3. The molecule has 0 aromatic heterocycles. The summed E-state index contributed by atoms with van der Waals surface area (Å²) in [4.78, 5) is 9.95. The predicted octanol–water partition coefficient (Wildman–Crippen LogP) is 0.889. The summed E-state index contributed by atoms with van der Waals surface area (Å²) in [6, 6.07) is 3.19. The first-order chi connectivity index (χ1) is 6.89. The summed E-state index contributed by atoms with van der Waals surface area (Å²) in [5, 5.41) is 0. The summed E-state index contributed by atoms with van der Waals surface area (Å²) in [7, 11) is -1.25. The highest BCUT2D eigenvalue weighted by atomic mass is 32.2. The zero-order chi connectivity index (χ0) is 11.6. The zero-order valence-corrected chi connectivity index (χ0v) is 9.08. The van der Waals surface area contributed by atoms with E-state index in [0.717, 1.165) is 16.4 Å². The Bertz CT molecular complexity index is 482. The minimum absolute atomic E-state index is 0.122. The van der Waals surface area contributed by atoms with Gasteiger partial charge in [-0.15, -0.1) is 0 Å². The molecule has 0 radical (unpaired) electrons. The lowest BCUT2D eigenvalue weighted by atomic mass is 10.2. The Morgan fingerprint density at radius 1 is 1.33 bits per heavy atom. The number of carbonyl (C=O) groups is 1. The SMILES string of the molecule is CN(C)S(=O)(=O)c1cc(C=O)ccc1F. The summed E-state index contributed by atoms with van der Waals surface area (Å²) in [5.74, 6) is -0.866. The van der Waals surface area contributed by atoms with Crippen LogP contribution in [0.1, 0.15) is 10.4 Å². The summed E-state index contributed by atoms with van der Waals surface area (Å²) >= 11 is 0. The first kappa shape index (κ1) is 11.8. The van der Waals surface area contributed by atoms with E-state index < -0.39 is 20.7 Å². The van der Waals surface area contributed by atoms with Crippen LogP contribution in [0.15, 0.2) is 23.1 Å². The van der Waals surface area contributed by atoms with Crippen LogP contribution in [0.3, 0.4) is 0 Å². The maximum absolute atomic E-state index is 13.2. The second-order valence-electron chi connectivity index (χ2n) is 3.10. The van der Waals surface area contributed by atoms with E-state index >= 15 is 0 Å². The van der Waals surface area contributed by atoms with Crippen molar-refractivity contribution in [1.29, 1.82) is 0 Å². The molecule has 0 aliphatic rings. The number of hydrogen-bond donors (Lipinski definition) is 0. The van der Waals surface area contributed by atoms with E-state index in [1.807, 2.05) is 0 Å². The van der Waals surface area contributed by atoms with Crippen LogP contribution in [0.25, 0.3) is 0 Å². The average Bonchev–Trinajstić information content (AvgIpc) is 2.18. The molecule has 0 N–H and O–H groups in total. The van der Waals surface area contributed by atoms with Gasteiger partial charge in [0.2, 0.25) is 10.0 Å². The van der Waals surface area contributed by atoms with Gasteiger partial charge < -0.3 is 0 Å². The van der Waals surface area contributed by atoms with Crippen molar-refractivity contribution < 1.29 is 17.6 Å². The summed E-state index contributed by atoms with van der Waals surface area (Å²) < 4.78 is 37.3. The standard InChI is InChI=1S/C9H10FNO3S/c1-11(2)15(13,14)9-5-7(6-12)3-4-8(9)10/h3-6H,1-2H3. The third kappa shape index (κ3) is 2.21. The molecule has 0 aliphatic carbocycles. The number of hydrogen-bond acceptors (Lipinski definition) is 3. The van der Waals surface area contributed by atoms with Crippen molar-refractivity contribution in [1.82, 2.24) is 4.31 Å². The van der Waals surface area contributed by atoms with E-state index in [2.05, 4.69) is 0 Å². The number of sulfonamides is 1. The molecule has 0 heterocycles. The smallest absolute Gasteiger partial charge is 0.245 e. The third-order valence-electron chi connectivity index (χ3n) is 1.85. The van der Waals surface area contributed by atoms with Crippen LogP contribution in [-0.2, 0) is 10.0 Å². The van der Waals surface area contributed by atoms with Crippen LogP contribution >= 0.6 is 0 Å². The van der Waals surface area contributed by atoms with Crippen molar-refractivity contribution in [2.45, 2.75) is 4.90 Å². The van der Waals surface area contributed by atoms with Crippen molar-refractivity contribution in [3.8, 4) is 0 Å². The Morgan fingerprint density at radius 2 is 1.93 bits per heavy atom. The Hall–Kier alpha value is -1.27. The molecule has 0 bridgehead atoms. The molecule has 0 atom stereocenters. The largest absolute Gasteiger partial charge is 0.298 e. The number of nitrogens with zero attached hydrogens (tertiary/aromatic N) is 1. The van der Waals surface area contributed by atoms with E-state index in [0.29, 0.717) is 6.29 Å². The molecule has 1 rings (SSSR count). The van der Waals surface area contributed by atoms with Gasteiger partial charge in [0.1, 0.15) is 17.0 Å². The molecule has 6 heteroatoms. The van der Waals surface area contributed by atoms with Crippen LogP contribution in [0.4, 0.5) is 4.39 Å². The van der Waals surface area contributed by atoms with Gasteiger partial charge in [-0.2, -0.15) is 0 Å². The van der Waals surface area contributed by atoms with Gasteiger partial charge in [-0.25, -0.2) is 17.1 Å². The van der Waals surface area contributed by atoms with Gasteiger partial charge in [0, 0.05) is 19.7 Å². The molecule has 0 amide bonds. The highest BCUT2D eigenvalue weighted by Gasteiger charge is 2.21. The Labute approximate surface area is 87.4 Å². The van der Waals surface area contributed by atoms with Crippen molar-refractivity contribution in [3.05, 3.63) is 29.6 Å². The molecule has 0 unspecified atom stereocenters. The van der Waals surface area contributed by atoms with Gasteiger partial charge in [0.05, 0.1) is 0 Å². The average molecular weight is 231 g/mol. The van der Waals surface area contributed by atoms with Crippen LogP contribution in [0.2, 0.25) is 0 Å². The minimum Gasteiger partial charge on any atom is -0.298 e. The van der Waals surface area contributed by atoms with Crippen molar-refractivity contribution in [3.63, 3.8) is 0 Å². The van der Waals surface area contributed by atoms with Gasteiger partial charge in [-0.05, 0) is 18.2 Å². The topological polar surface area (TPSA) is 54.5 Å². The van der Waals surface area contributed by atoms with Crippen LogP contribution < -0.4 is 0 Å². The predicted molar refractivity (Wildman–Crippen MR) is 52.7 cm³/mol. The fourth-order valence-corrected chi connectivity index (χ4v) is 1.98. The zero-order valence-electron chi connectivity index (χ0n) is 8.27. The monoisotopic (exact) mass is 231 g/mol.